The van der Waals surface area contributed by atoms with E-state index in [9.17, 15) is 0 Å². The van der Waals surface area contributed by atoms with Crippen molar-refractivity contribution in [2.75, 3.05) is 13.9 Å². The van der Waals surface area contributed by atoms with Gasteiger partial charge in [0.25, 0.3) is 0 Å². The lowest BCUT2D eigenvalue weighted by atomic mass is 10.3. The topological polar surface area (TPSA) is 18.5 Å². The van der Waals surface area contributed by atoms with Crippen molar-refractivity contribution in [3.63, 3.8) is 0 Å². The molecule has 1 aromatic rings. The Bertz CT molecular complexity index is 265. The van der Waals surface area contributed by atoms with E-state index in [2.05, 4.69) is 15.9 Å². The zero-order chi connectivity index (χ0) is 8.97. The quantitative estimate of drug-likeness (QED) is 0.769. The number of hydrogen-bond acceptors (Lipinski definition) is 2. The van der Waals surface area contributed by atoms with Gasteiger partial charge in [-0.05, 0) is 28.1 Å². The molecule has 0 N–H and O–H groups in total. The fourth-order valence-electron chi connectivity index (χ4n) is 0.718. The maximum Gasteiger partial charge on any atom is 0.188 e. The van der Waals surface area contributed by atoms with Crippen molar-refractivity contribution in [1.29, 1.82) is 0 Å². The third-order valence-electron chi connectivity index (χ3n) is 1.25. The molecule has 0 amide bonds. The summed E-state index contributed by atoms with van der Waals surface area (Å²) in [4.78, 5) is 0. The summed E-state index contributed by atoms with van der Waals surface area (Å²) in [7, 11) is 1.56. The summed E-state index contributed by atoms with van der Waals surface area (Å²) < 4.78 is 10.7. The molecule has 0 unspecified atom stereocenters. The SMILES string of the molecule is COCOc1cccc(Br)c1Cl. The van der Waals surface area contributed by atoms with Crippen LogP contribution in [0, 0.1) is 0 Å². The number of hydrogen-bond donors (Lipinski definition) is 0. The Hall–Kier alpha value is -0.250. The van der Waals surface area contributed by atoms with Crippen molar-refractivity contribution < 1.29 is 9.47 Å². The van der Waals surface area contributed by atoms with E-state index in [1.807, 2.05) is 12.1 Å². The van der Waals surface area contributed by atoms with E-state index in [0.29, 0.717) is 10.8 Å². The second kappa shape index (κ2) is 4.70. The predicted octanol–water partition coefficient (Wildman–Crippen LogP) is 3.09. The molecule has 0 aliphatic carbocycles. The van der Waals surface area contributed by atoms with E-state index in [4.69, 9.17) is 21.1 Å². The maximum absolute atomic E-state index is 5.90. The predicted molar refractivity (Wildman–Crippen MR) is 51.7 cm³/mol. The van der Waals surface area contributed by atoms with Gasteiger partial charge in [0.05, 0.1) is 5.02 Å². The average molecular weight is 252 g/mol. The van der Waals surface area contributed by atoms with Crippen LogP contribution in [-0.4, -0.2) is 13.9 Å². The highest BCUT2D eigenvalue weighted by Crippen LogP contribution is 2.31. The van der Waals surface area contributed by atoms with Gasteiger partial charge >= 0.3 is 0 Å². The van der Waals surface area contributed by atoms with E-state index >= 15 is 0 Å². The molecule has 0 aliphatic rings. The van der Waals surface area contributed by atoms with Crippen LogP contribution in [0.5, 0.6) is 5.75 Å². The van der Waals surface area contributed by atoms with Gasteiger partial charge in [-0.3, -0.25) is 0 Å². The first-order chi connectivity index (χ1) is 5.75. The maximum atomic E-state index is 5.90. The largest absolute Gasteiger partial charge is 0.466 e. The smallest absolute Gasteiger partial charge is 0.188 e. The Labute approximate surface area is 84.6 Å². The minimum absolute atomic E-state index is 0.205. The number of benzene rings is 1. The lowest BCUT2D eigenvalue weighted by Crippen LogP contribution is -1.99. The van der Waals surface area contributed by atoms with Gasteiger partial charge in [-0.1, -0.05) is 17.7 Å². The monoisotopic (exact) mass is 250 g/mol. The fourth-order valence-corrected chi connectivity index (χ4v) is 1.25. The van der Waals surface area contributed by atoms with Crippen molar-refractivity contribution in [2.45, 2.75) is 0 Å². The molecule has 12 heavy (non-hydrogen) atoms. The van der Waals surface area contributed by atoms with E-state index in [-0.39, 0.29) is 6.79 Å². The van der Waals surface area contributed by atoms with Gasteiger partial charge < -0.3 is 9.47 Å². The van der Waals surface area contributed by atoms with Crippen LogP contribution >= 0.6 is 27.5 Å². The van der Waals surface area contributed by atoms with E-state index in [1.54, 1.807) is 13.2 Å². The molecule has 0 aromatic heterocycles. The Kier molecular flexibility index (Phi) is 3.85. The molecule has 0 fully saturated rings. The second-order valence-electron chi connectivity index (χ2n) is 2.10. The van der Waals surface area contributed by atoms with Crippen LogP contribution in [0.4, 0.5) is 0 Å². The summed E-state index contributed by atoms with van der Waals surface area (Å²) in [5.41, 5.74) is 0. The third-order valence-corrected chi connectivity index (χ3v) is 2.53. The zero-order valence-corrected chi connectivity index (χ0v) is 8.85. The first-order valence-electron chi connectivity index (χ1n) is 3.31. The summed E-state index contributed by atoms with van der Waals surface area (Å²) >= 11 is 9.19. The molecule has 0 saturated carbocycles. The van der Waals surface area contributed by atoms with Crippen molar-refractivity contribution >= 4 is 27.5 Å². The van der Waals surface area contributed by atoms with Gasteiger partial charge in [-0.15, -0.1) is 0 Å². The molecule has 2 nitrogen and oxygen atoms in total. The van der Waals surface area contributed by atoms with E-state index in [1.165, 1.54) is 0 Å². The molecule has 0 radical (unpaired) electrons. The van der Waals surface area contributed by atoms with Gasteiger partial charge in [0.2, 0.25) is 0 Å². The van der Waals surface area contributed by atoms with Crippen LogP contribution in [0.25, 0.3) is 0 Å². The number of rotatable bonds is 3. The fraction of sp³-hybridized carbons (Fsp3) is 0.250. The molecule has 0 aliphatic heterocycles. The number of ether oxygens (including phenoxy) is 2. The molecule has 66 valence electrons. The first kappa shape index (κ1) is 9.84. The molecule has 0 atom stereocenters. The molecule has 0 spiro atoms. The summed E-state index contributed by atoms with van der Waals surface area (Å²) in [5.74, 6) is 0.618. The summed E-state index contributed by atoms with van der Waals surface area (Å²) in [6.07, 6.45) is 0. The first-order valence-corrected chi connectivity index (χ1v) is 4.48. The minimum atomic E-state index is 0.205. The highest BCUT2D eigenvalue weighted by atomic mass is 79.9. The van der Waals surface area contributed by atoms with Crippen LogP contribution in [0.1, 0.15) is 0 Å². The lowest BCUT2D eigenvalue weighted by Gasteiger charge is -2.06. The lowest BCUT2D eigenvalue weighted by molar-refractivity contribution is 0.0511. The van der Waals surface area contributed by atoms with Gasteiger partial charge in [0.1, 0.15) is 5.75 Å². The second-order valence-corrected chi connectivity index (χ2v) is 3.34. The Morgan fingerprint density at radius 1 is 1.50 bits per heavy atom. The van der Waals surface area contributed by atoms with Gasteiger partial charge in [-0.25, -0.2) is 0 Å². The van der Waals surface area contributed by atoms with E-state index < -0.39 is 0 Å². The van der Waals surface area contributed by atoms with Crippen molar-refractivity contribution in [1.82, 2.24) is 0 Å². The number of methoxy groups -OCH3 is 1. The standard InChI is InChI=1S/C8H8BrClO2/c1-11-5-12-7-4-2-3-6(9)8(7)10/h2-4H,5H2,1H3. The van der Waals surface area contributed by atoms with Crippen LogP contribution < -0.4 is 4.74 Å². The molecule has 0 bridgehead atoms. The molecular formula is C8H8BrClO2. The van der Waals surface area contributed by atoms with E-state index in [0.717, 1.165) is 4.47 Å². The summed E-state index contributed by atoms with van der Waals surface area (Å²) in [6.45, 7) is 0.205. The average Bonchev–Trinajstić information content (AvgIpc) is 2.08. The van der Waals surface area contributed by atoms with Crippen LogP contribution in [0.15, 0.2) is 22.7 Å². The van der Waals surface area contributed by atoms with Crippen LogP contribution in [0.2, 0.25) is 5.02 Å². The van der Waals surface area contributed by atoms with Crippen molar-refractivity contribution in [3.8, 4) is 5.75 Å². The molecule has 0 heterocycles. The Morgan fingerprint density at radius 3 is 2.92 bits per heavy atom. The molecule has 1 aromatic carbocycles. The number of halogens is 2. The van der Waals surface area contributed by atoms with Crippen LogP contribution in [0.3, 0.4) is 0 Å². The minimum Gasteiger partial charge on any atom is -0.466 e. The van der Waals surface area contributed by atoms with Crippen molar-refractivity contribution in [3.05, 3.63) is 27.7 Å². The molecular weight excluding hydrogens is 243 g/mol. The Balaban J connectivity index is 2.78. The molecule has 0 saturated heterocycles. The highest BCUT2D eigenvalue weighted by molar-refractivity contribution is 9.10. The third kappa shape index (κ3) is 2.37. The summed E-state index contributed by atoms with van der Waals surface area (Å²) in [6, 6.07) is 5.48. The van der Waals surface area contributed by atoms with Gasteiger partial charge in [-0.2, -0.15) is 0 Å². The van der Waals surface area contributed by atoms with Crippen LogP contribution in [-0.2, 0) is 4.74 Å². The van der Waals surface area contributed by atoms with Crippen molar-refractivity contribution in [2.24, 2.45) is 0 Å². The highest BCUT2D eigenvalue weighted by Gasteiger charge is 2.03. The zero-order valence-electron chi connectivity index (χ0n) is 6.51. The molecule has 4 heteroatoms. The molecule has 1 rings (SSSR count). The van der Waals surface area contributed by atoms with Gasteiger partial charge in [0, 0.05) is 11.6 Å². The normalized spacial score (nSPS) is 9.92. The van der Waals surface area contributed by atoms with Gasteiger partial charge in [0.15, 0.2) is 6.79 Å². The summed E-state index contributed by atoms with van der Waals surface area (Å²) in [5, 5.41) is 0.564. The Morgan fingerprint density at radius 2 is 2.25 bits per heavy atom.